The number of halogens is 1. The Balaban J connectivity index is 3.75. The lowest BCUT2D eigenvalue weighted by Crippen LogP contribution is -2.20. The molecule has 3 N–H and O–H groups in total. The third-order valence-electron chi connectivity index (χ3n) is 0.411. The van der Waals surface area contributed by atoms with E-state index in [1.165, 1.54) is 0 Å². The van der Waals surface area contributed by atoms with Crippen molar-refractivity contribution in [3.63, 3.8) is 0 Å². The van der Waals surface area contributed by atoms with E-state index in [9.17, 15) is 8.42 Å². The highest BCUT2D eigenvalue weighted by molar-refractivity contribution is 7.80. The van der Waals surface area contributed by atoms with E-state index < -0.39 is 16.0 Å². The fraction of sp³-hybridized carbons (Fsp3) is 1.00. The van der Waals surface area contributed by atoms with Gasteiger partial charge in [0.1, 0.15) is 0 Å². The van der Waals surface area contributed by atoms with E-state index in [-0.39, 0.29) is 6.54 Å². The van der Waals surface area contributed by atoms with Crippen LogP contribution in [0.2, 0.25) is 0 Å². The van der Waals surface area contributed by atoms with Crippen molar-refractivity contribution in [3.8, 4) is 0 Å². The van der Waals surface area contributed by atoms with Crippen molar-refractivity contribution in [2.45, 2.75) is 5.56 Å². The maximum Gasteiger partial charge on any atom is 0.398 e. The molecule has 0 aromatic heterocycles. The lowest BCUT2D eigenvalue weighted by atomic mass is 10.7. The quantitative estimate of drug-likeness (QED) is 0.439. The number of rotatable bonds is 3. The Morgan fingerprint density at radius 3 is 2.33 bits per heavy atom. The van der Waals surface area contributed by atoms with Crippen LogP contribution in [0.25, 0.3) is 0 Å². The van der Waals surface area contributed by atoms with E-state index in [1.807, 2.05) is 0 Å². The maximum absolute atomic E-state index is 9.79. The molecule has 0 bridgehead atoms. The number of alkyl halides is 1. The van der Waals surface area contributed by atoms with Gasteiger partial charge in [-0.05, 0) is 0 Å². The zero-order chi connectivity index (χ0) is 7.49. The van der Waals surface area contributed by atoms with E-state index in [2.05, 4.69) is 4.18 Å². The van der Waals surface area contributed by atoms with Gasteiger partial charge in [0.15, 0.2) is 5.56 Å². The molecule has 56 valence electrons. The molecule has 0 saturated heterocycles. The summed E-state index contributed by atoms with van der Waals surface area (Å²) in [6.45, 7) is -0.179. The monoisotopic (exact) mass is 175 g/mol. The first-order valence-electron chi connectivity index (χ1n) is 1.95. The molecule has 0 saturated carbocycles. The number of hydrogen-bond donors (Lipinski definition) is 2. The Labute approximate surface area is 57.7 Å². The van der Waals surface area contributed by atoms with E-state index in [0.29, 0.717) is 0 Å². The van der Waals surface area contributed by atoms with Crippen molar-refractivity contribution in [1.29, 1.82) is 0 Å². The van der Waals surface area contributed by atoms with Crippen LogP contribution in [-0.4, -0.2) is 25.1 Å². The van der Waals surface area contributed by atoms with Crippen LogP contribution in [-0.2, 0) is 14.6 Å². The second kappa shape index (κ2) is 3.33. The van der Waals surface area contributed by atoms with Gasteiger partial charge < -0.3 is 5.73 Å². The van der Waals surface area contributed by atoms with Gasteiger partial charge in [-0.1, -0.05) is 11.6 Å². The number of hydrogen-bond acceptors (Lipinski definition) is 4. The molecule has 0 aromatic rings. The Morgan fingerprint density at radius 2 is 2.22 bits per heavy atom. The van der Waals surface area contributed by atoms with E-state index in [0.717, 1.165) is 0 Å². The standard InChI is InChI=1S/C2H6ClNO4S/c3-2(1-4)8-9(5,6)7/h2H,1,4H2,(H,5,6,7). The summed E-state index contributed by atoms with van der Waals surface area (Å²) in [7, 11) is -4.45. The van der Waals surface area contributed by atoms with Crippen molar-refractivity contribution in [1.82, 2.24) is 0 Å². The molecule has 0 aromatic carbocycles. The molecule has 9 heavy (non-hydrogen) atoms. The molecule has 0 heterocycles. The van der Waals surface area contributed by atoms with Gasteiger partial charge in [-0.2, -0.15) is 8.42 Å². The van der Waals surface area contributed by atoms with E-state index in [1.54, 1.807) is 0 Å². The maximum atomic E-state index is 9.79. The molecule has 0 aliphatic carbocycles. The van der Waals surface area contributed by atoms with Gasteiger partial charge in [-0.15, -0.1) is 0 Å². The lowest BCUT2D eigenvalue weighted by Gasteiger charge is -2.02. The first-order chi connectivity index (χ1) is 3.95. The summed E-state index contributed by atoms with van der Waals surface area (Å²) >= 11 is 5.06. The first kappa shape index (κ1) is 9.12. The summed E-state index contributed by atoms with van der Waals surface area (Å²) in [6, 6.07) is 0. The molecule has 0 spiro atoms. The van der Waals surface area contributed by atoms with Gasteiger partial charge in [0, 0.05) is 6.54 Å². The minimum atomic E-state index is -4.45. The topological polar surface area (TPSA) is 89.6 Å². The summed E-state index contributed by atoms with van der Waals surface area (Å²) in [5.41, 5.74) is 3.65. The van der Waals surface area contributed by atoms with Crippen LogP contribution in [0.3, 0.4) is 0 Å². The molecule has 7 heteroatoms. The van der Waals surface area contributed by atoms with Gasteiger partial charge in [-0.3, -0.25) is 4.55 Å². The van der Waals surface area contributed by atoms with Crippen LogP contribution in [0.4, 0.5) is 0 Å². The van der Waals surface area contributed by atoms with Crippen LogP contribution in [0.5, 0.6) is 0 Å². The molecule has 0 amide bonds. The van der Waals surface area contributed by atoms with Gasteiger partial charge in [-0.25, -0.2) is 4.18 Å². The second-order valence-electron chi connectivity index (χ2n) is 1.17. The first-order valence-corrected chi connectivity index (χ1v) is 3.75. The van der Waals surface area contributed by atoms with Crippen LogP contribution < -0.4 is 5.73 Å². The molecule has 5 nitrogen and oxygen atoms in total. The Hall–Kier alpha value is 0.120. The highest BCUT2D eigenvalue weighted by Gasteiger charge is 2.11. The predicted molar refractivity (Wildman–Crippen MR) is 31.3 cm³/mol. The van der Waals surface area contributed by atoms with Crippen LogP contribution >= 0.6 is 11.6 Å². The fourth-order valence-corrected chi connectivity index (χ4v) is 0.789. The second-order valence-corrected chi connectivity index (χ2v) is 2.70. The summed E-state index contributed by atoms with van der Waals surface area (Å²) in [5, 5.41) is 0. The molecule has 0 fully saturated rings. The molecule has 1 atom stereocenters. The summed E-state index contributed by atoms with van der Waals surface area (Å²) in [4.78, 5) is 0. The molecule has 0 rings (SSSR count). The highest BCUT2D eigenvalue weighted by Crippen LogP contribution is 1.98. The summed E-state index contributed by atoms with van der Waals surface area (Å²) in [5.74, 6) is 0. The van der Waals surface area contributed by atoms with Gasteiger partial charge in [0.25, 0.3) is 0 Å². The lowest BCUT2D eigenvalue weighted by molar-refractivity contribution is 0.248. The van der Waals surface area contributed by atoms with Crippen LogP contribution in [0.1, 0.15) is 0 Å². The van der Waals surface area contributed by atoms with E-state index >= 15 is 0 Å². The van der Waals surface area contributed by atoms with Crippen LogP contribution in [0, 0.1) is 0 Å². The normalized spacial score (nSPS) is 15.4. The molecule has 0 aliphatic heterocycles. The fourth-order valence-electron chi connectivity index (χ4n) is 0.171. The molecule has 0 aliphatic rings. The number of nitrogens with two attached hydrogens (primary N) is 1. The smallest absolute Gasteiger partial charge is 0.327 e. The van der Waals surface area contributed by atoms with Crippen molar-refractivity contribution < 1.29 is 17.2 Å². The summed E-state index contributed by atoms with van der Waals surface area (Å²) < 4.78 is 31.3. The molecule has 0 radical (unpaired) electrons. The van der Waals surface area contributed by atoms with Crippen molar-refractivity contribution in [3.05, 3.63) is 0 Å². The Bertz CT molecular complexity index is 165. The molecular formula is C2H6ClNO4S. The zero-order valence-corrected chi connectivity index (χ0v) is 5.89. The average Bonchev–Trinajstić information content (AvgIpc) is 1.62. The average molecular weight is 176 g/mol. The minimum Gasteiger partial charge on any atom is -0.327 e. The van der Waals surface area contributed by atoms with Crippen LogP contribution in [0.15, 0.2) is 0 Å². The van der Waals surface area contributed by atoms with Gasteiger partial charge in [0.2, 0.25) is 0 Å². The van der Waals surface area contributed by atoms with Crippen molar-refractivity contribution in [2.24, 2.45) is 5.73 Å². The Kier molecular flexibility index (Phi) is 3.37. The third kappa shape index (κ3) is 6.00. The SMILES string of the molecule is NCC(Cl)OS(=O)(=O)O. The van der Waals surface area contributed by atoms with Gasteiger partial charge in [0.05, 0.1) is 0 Å². The van der Waals surface area contributed by atoms with Gasteiger partial charge >= 0.3 is 10.4 Å². The third-order valence-corrected chi connectivity index (χ3v) is 1.26. The van der Waals surface area contributed by atoms with E-state index in [4.69, 9.17) is 21.9 Å². The Morgan fingerprint density at radius 1 is 1.78 bits per heavy atom. The summed E-state index contributed by atoms with van der Waals surface area (Å²) in [6.07, 6.45) is 0. The molecule has 1 unspecified atom stereocenters. The molecular weight excluding hydrogens is 170 g/mol. The predicted octanol–water partition coefficient (Wildman–Crippen LogP) is -0.671. The minimum absolute atomic E-state index is 0.179. The zero-order valence-electron chi connectivity index (χ0n) is 4.32. The highest BCUT2D eigenvalue weighted by atomic mass is 35.5. The largest absolute Gasteiger partial charge is 0.398 e. The van der Waals surface area contributed by atoms with Crippen molar-refractivity contribution >= 4 is 22.0 Å². The van der Waals surface area contributed by atoms with Crippen molar-refractivity contribution in [2.75, 3.05) is 6.54 Å².